The molecule has 2 amide bonds. The molecule has 0 spiro atoms. The van der Waals surface area contributed by atoms with Gasteiger partial charge in [0, 0.05) is 12.0 Å². The van der Waals surface area contributed by atoms with E-state index < -0.39 is 23.3 Å². The number of piperidine rings is 1. The maximum atomic E-state index is 13.7. The average molecular weight is 469 g/mol. The predicted octanol–water partition coefficient (Wildman–Crippen LogP) is 3.55. The first kappa shape index (κ1) is 23.6. The molecule has 1 aliphatic carbocycles. The fourth-order valence-electron chi connectivity index (χ4n) is 5.40. The van der Waals surface area contributed by atoms with Gasteiger partial charge in [-0.1, -0.05) is 62.4 Å². The Morgan fingerprint density at radius 2 is 1.91 bits per heavy atom. The van der Waals surface area contributed by atoms with Gasteiger partial charge in [0.1, 0.15) is 12.1 Å². The number of hydrogen-bond donors (Lipinski definition) is 3. The molecule has 7 heteroatoms. The minimum Gasteiger partial charge on any atom is -0.480 e. The van der Waals surface area contributed by atoms with Gasteiger partial charge in [-0.2, -0.15) is 12.6 Å². The van der Waals surface area contributed by atoms with Crippen LogP contribution in [0.25, 0.3) is 5.57 Å². The SMILES string of the molecule is CC(C)[C@H](S)C(=O)N[C@H]1CC2C=CC(c3ccccc3)=CC2[C@H]2CCC[C@@H](C(=O)O)N2C1=O. The number of amides is 2. The number of carboxylic acid groups (broad SMARTS) is 1. The number of carbonyl (C=O) groups excluding carboxylic acids is 2. The fourth-order valence-corrected chi connectivity index (χ4v) is 5.47. The molecule has 6 nitrogen and oxygen atoms in total. The van der Waals surface area contributed by atoms with Crippen molar-refractivity contribution in [3.63, 3.8) is 0 Å². The van der Waals surface area contributed by atoms with Crippen LogP contribution in [0.4, 0.5) is 0 Å². The molecule has 33 heavy (non-hydrogen) atoms. The lowest BCUT2D eigenvalue weighted by Gasteiger charge is -2.43. The number of hydrogen-bond acceptors (Lipinski definition) is 4. The number of thiol groups is 1. The smallest absolute Gasteiger partial charge is 0.326 e. The summed E-state index contributed by atoms with van der Waals surface area (Å²) in [7, 11) is 0. The highest BCUT2D eigenvalue weighted by Crippen LogP contribution is 2.42. The van der Waals surface area contributed by atoms with E-state index in [-0.39, 0.29) is 35.6 Å². The summed E-state index contributed by atoms with van der Waals surface area (Å²) in [6.45, 7) is 3.81. The Labute approximate surface area is 200 Å². The van der Waals surface area contributed by atoms with Gasteiger partial charge in [0.2, 0.25) is 11.8 Å². The second-order valence-corrected chi connectivity index (χ2v) is 10.2. The summed E-state index contributed by atoms with van der Waals surface area (Å²) >= 11 is 4.41. The van der Waals surface area contributed by atoms with Gasteiger partial charge in [-0.3, -0.25) is 9.59 Å². The van der Waals surface area contributed by atoms with Gasteiger partial charge in [0.25, 0.3) is 0 Å². The molecule has 0 saturated carbocycles. The quantitative estimate of drug-likeness (QED) is 0.577. The van der Waals surface area contributed by atoms with Gasteiger partial charge in [0.05, 0.1) is 5.25 Å². The Morgan fingerprint density at radius 1 is 1.18 bits per heavy atom. The summed E-state index contributed by atoms with van der Waals surface area (Å²) in [5.74, 6) is -1.51. The maximum Gasteiger partial charge on any atom is 0.326 e. The van der Waals surface area contributed by atoms with E-state index >= 15 is 0 Å². The zero-order valence-electron chi connectivity index (χ0n) is 19.1. The Kier molecular flexibility index (Phi) is 6.98. The molecule has 4 rings (SSSR count). The van der Waals surface area contributed by atoms with E-state index in [1.165, 1.54) is 0 Å². The van der Waals surface area contributed by atoms with Crippen LogP contribution in [0.5, 0.6) is 0 Å². The number of carbonyl (C=O) groups is 3. The van der Waals surface area contributed by atoms with Crippen molar-refractivity contribution in [2.75, 3.05) is 0 Å². The van der Waals surface area contributed by atoms with E-state index in [2.05, 4.69) is 48.3 Å². The summed E-state index contributed by atoms with van der Waals surface area (Å²) < 4.78 is 0. The van der Waals surface area contributed by atoms with Gasteiger partial charge in [-0.15, -0.1) is 0 Å². The van der Waals surface area contributed by atoms with Crippen molar-refractivity contribution >= 4 is 36.0 Å². The number of carboxylic acids is 1. The van der Waals surface area contributed by atoms with Crippen LogP contribution in [0.3, 0.4) is 0 Å². The van der Waals surface area contributed by atoms with Gasteiger partial charge >= 0.3 is 5.97 Å². The van der Waals surface area contributed by atoms with Crippen molar-refractivity contribution in [3.8, 4) is 0 Å². The van der Waals surface area contributed by atoms with Crippen LogP contribution >= 0.6 is 12.6 Å². The third-order valence-electron chi connectivity index (χ3n) is 7.17. The number of benzene rings is 1. The average Bonchev–Trinajstić information content (AvgIpc) is 2.93. The molecule has 0 aromatic heterocycles. The number of nitrogens with zero attached hydrogens (tertiary/aromatic N) is 1. The molecule has 2 heterocycles. The summed E-state index contributed by atoms with van der Waals surface area (Å²) in [4.78, 5) is 40.2. The lowest BCUT2D eigenvalue weighted by atomic mass is 9.75. The normalized spacial score (nSPS) is 30.1. The van der Waals surface area contributed by atoms with E-state index in [9.17, 15) is 19.5 Å². The first-order valence-electron chi connectivity index (χ1n) is 11.8. The van der Waals surface area contributed by atoms with Crippen molar-refractivity contribution in [2.24, 2.45) is 17.8 Å². The van der Waals surface area contributed by atoms with E-state index in [4.69, 9.17) is 0 Å². The standard InChI is InChI=1S/C26H32N2O4S/c1-15(2)23(33)24(29)27-20-14-18-12-11-17(16-7-4-3-5-8-16)13-19(18)21-9-6-10-22(26(31)32)28(21)25(20)30/h3-5,7-8,11-13,15,18-23,33H,6,9-10,14H2,1-2H3,(H,27,29)(H,31,32)/t18?,19?,20-,21+,22-,23-/m0/s1. The second-order valence-electron chi connectivity index (χ2n) is 9.67. The number of aliphatic carboxylic acids is 1. The van der Waals surface area contributed by atoms with Crippen LogP contribution in [-0.4, -0.2) is 51.2 Å². The molecule has 2 aliphatic heterocycles. The minimum absolute atomic E-state index is 0.00453. The first-order chi connectivity index (χ1) is 15.8. The number of nitrogens with one attached hydrogen (secondary N) is 1. The Morgan fingerprint density at radius 3 is 2.58 bits per heavy atom. The van der Waals surface area contributed by atoms with Crippen LogP contribution in [0, 0.1) is 17.8 Å². The predicted molar refractivity (Wildman–Crippen MR) is 131 cm³/mol. The largest absolute Gasteiger partial charge is 0.480 e. The molecular weight excluding hydrogens is 436 g/mol. The lowest BCUT2D eigenvalue weighted by Crippen LogP contribution is -2.59. The molecule has 2 N–H and O–H groups in total. The van der Waals surface area contributed by atoms with Crippen molar-refractivity contribution in [3.05, 3.63) is 54.1 Å². The highest BCUT2D eigenvalue weighted by Gasteiger charge is 2.49. The zero-order valence-corrected chi connectivity index (χ0v) is 19.9. The molecule has 3 aliphatic rings. The molecule has 1 aromatic carbocycles. The number of rotatable bonds is 5. The van der Waals surface area contributed by atoms with E-state index in [1.807, 2.05) is 32.0 Å². The fraction of sp³-hybridized carbons (Fsp3) is 0.500. The molecule has 176 valence electrons. The van der Waals surface area contributed by atoms with Crippen molar-refractivity contribution < 1.29 is 19.5 Å². The number of allylic oxidation sites excluding steroid dienone is 3. The minimum atomic E-state index is -0.982. The molecule has 0 bridgehead atoms. The topological polar surface area (TPSA) is 86.7 Å². The maximum absolute atomic E-state index is 13.7. The van der Waals surface area contributed by atoms with Gasteiger partial charge in [-0.05, 0) is 48.7 Å². The van der Waals surface area contributed by atoms with Crippen LogP contribution in [0.2, 0.25) is 0 Å². The summed E-state index contributed by atoms with van der Waals surface area (Å²) in [5, 5.41) is 12.3. The van der Waals surface area contributed by atoms with Crippen molar-refractivity contribution in [1.29, 1.82) is 0 Å². The summed E-state index contributed by atoms with van der Waals surface area (Å²) in [6, 6.07) is 8.23. The molecule has 2 unspecified atom stereocenters. The summed E-state index contributed by atoms with van der Waals surface area (Å²) in [5.41, 5.74) is 2.18. The van der Waals surface area contributed by atoms with Gasteiger partial charge < -0.3 is 15.3 Å². The van der Waals surface area contributed by atoms with E-state index in [0.29, 0.717) is 12.8 Å². The second kappa shape index (κ2) is 9.75. The van der Waals surface area contributed by atoms with E-state index in [0.717, 1.165) is 24.0 Å². The van der Waals surface area contributed by atoms with Crippen LogP contribution in [0.15, 0.2) is 48.6 Å². The highest BCUT2D eigenvalue weighted by molar-refractivity contribution is 7.81. The molecule has 6 atom stereocenters. The molecule has 2 saturated heterocycles. The van der Waals surface area contributed by atoms with Crippen molar-refractivity contribution in [2.45, 2.75) is 62.9 Å². The third-order valence-corrected chi connectivity index (χ3v) is 8.00. The Balaban J connectivity index is 1.70. The Hall–Kier alpha value is -2.54. The zero-order chi connectivity index (χ0) is 23.7. The highest BCUT2D eigenvalue weighted by atomic mass is 32.1. The van der Waals surface area contributed by atoms with E-state index in [1.54, 1.807) is 4.90 Å². The third kappa shape index (κ3) is 4.74. The van der Waals surface area contributed by atoms with Crippen LogP contribution in [0.1, 0.15) is 45.1 Å². The van der Waals surface area contributed by atoms with Crippen LogP contribution < -0.4 is 5.32 Å². The van der Waals surface area contributed by atoms with Gasteiger partial charge in [0.15, 0.2) is 0 Å². The number of fused-ring (bicyclic) bond motifs is 3. The lowest BCUT2D eigenvalue weighted by molar-refractivity contribution is -0.156. The molecule has 1 aromatic rings. The molecule has 2 fully saturated rings. The van der Waals surface area contributed by atoms with Crippen LogP contribution in [-0.2, 0) is 14.4 Å². The molecular formula is C26H32N2O4S. The molecule has 0 radical (unpaired) electrons. The summed E-state index contributed by atoms with van der Waals surface area (Å²) in [6.07, 6.45) is 8.82. The first-order valence-corrected chi connectivity index (χ1v) is 12.3. The Bertz CT molecular complexity index is 974. The van der Waals surface area contributed by atoms with Gasteiger partial charge in [-0.25, -0.2) is 4.79 Å². The monoisotopic (exact) mass is 468 g/mol. The van der Waals surface area contributed by atoms with Crippen molar-refractivity contribution in [1.82, 2.24) is 10.2 Å².